The van der Waals surface area contributed by atoms with Gasteiger partial charge in [-0.1, -0.05) is 48.5 Å². The maximum Gasteiger partial charge on any atom is 0.261 e. The fourth-order valence-electron chi connectivity index (χ4n) is 3.17. The number of sulfonamides is 1. The van der Waals surface area contributed by atoms with Crippen molar-refractivity contribution < 1.29 is 13.2 Å². The molecule has 2 N–H and O–H groups in total. The Kier molecular flexibility index (Phi) is 4.41. The van der Waals surface area contributed by atoms with Crippen LogP contribution in [0.3, 0.4) is 0 Å². The fraction of sp³-hybridized carbons (Fsp3) is 0.0952. The van der Waals surface area contributed by atoms with Crippen LogP contribution in [0.1, 0.15) is 16.7 Å². The molecule has 1 heterocycles. The summed E-state index contributed by atoms with van der Waals surface area (Å²) in [6.07, 6.45) is 0.825. The number of carbonyl (C=O) groups excluding carboxylic acids is 1. The second-order valence-corrected chi connectivity index (χ2v) is 8.15. The lowest BCUT2D eigenvalue weighted by Gasteiger charge is -2.13. The van der Waals surface area contributed by atoms with Crippen LogP contribution in [0.15, 0.2) is 77.7 Å². The standard InChI is InChI=1S/C21H18N2O3S/c24-21-14-17-13-18(10-11-19(17)22-21)27(25,26)23-20-9-5-4-8-16(20)12-15-6-2-1-3-7-15/h1-11,13,23H,12,14H2,(H,22,24). The first-order valence-corrected chi connectivity index (χ1v) is 10.1. The molecule has 6 heteroatoms. The number of benzene rings is 3. The summed E-state index contributed by atoms with van der Waals surface area (Å²) in [6, 6.07) is 21.9. The first-order valence-electron chi connectivity index (χ1n) is 8.59. The molecule has 0 radical (unpaired) electrons. The van der Waals surface area contributed by atoms with Crippen LogP contribution >= 0.6 is 0 Å². The van der Waals surface area contributed by atoms with E-state index < -0.39 is 10.0 Å². The van der Waals surface area contributed by atoms with Gasteiger partial charge in [-0.3, -0.25) is 9.52 Å². The molecule has 3 aromatic carbocycles. The maximum atomic E-state index is 12.9. The molecular formula is C21H18N2O3S. The fourth-order valence-corrected chi connectivity index (χ4v) is 4.32. The number of amides is 1. The van der Waals surface area contributed by atoms with E-state index in [2.05, 4.69) is 10.0 Å². The summed E-state index contributed by atoms with van der Waals surface area (Å²) in [6.45, 7) is 0. The van der Waals surface area contributed by atoms with Crippen molar-refractivity contribution in [3.8, 4) is 0 Å². The Hall–Kier alpha value is -3.12. The lowest BCUT2D eigenvalue weighted by molar-refractivity contribution is -0.115. The zero-order valence-electron chi connectivity index (χ0n) is 14.5. The average Bonchev–Trinajstić information content (AvgIpc) is 3.03. The van der Waals surface area contributed by atoms with E-state index in [1.54, 1.807) is 24.3 Å². The third kappa shape index (κ3) is 3.71. The summed E-state index contributed by atoms with van der Waals surface area (Å²) in [5, 5.41) is 2.71. The SMILES string of the molecule is O=C1Cc2cc(S(=O)(=O)Nc3ccccc3Cc3ccccc3)ccc2N1. The quantitative estimate of drug-likeness (QED) is 0.713. The highest BCUT2D eigenvalue weighted by Gasteiger charge is 2.22. The van der Waals surface area contributed by atoms with Crippen LogP contribution in [0.2, 0.25) is 0 Å². The smallest absolute Gasteiger partial charge is 0.261 e. The van der Waals surface area contributed by atoms with Crippen LogP contribution in [0.25, 0.3) is 0 Å². The van der Waals surface area contributed by atoms with Crippen LogP contribution in [-0.2, 0) is 27.7 Å². The molecule has 0 fully saturated rings. The van der Waals surface area contributed by atoms with E-state index in [0.717, 1.165) is 11.1 Å². The second-order valence-electron chi connectivity index (χ2n) is 6.47. The van der Waals surface area contributed by atoms with Crippen LogP contribution in [0, 0.1) is 0 Å². The molecular weight excluding hydrogens is 360 g/mol. The van der Waals surface area contributed by atoms with E-state index in [1.807, 2.05) is 42.5 Å². The molecule has 0 spiro atoms. The van der Waals surface area contributed by atoms with Gasteiger partial charge < -0.3 is 5.32 Å². The molecule has 3 aromatic rings. The van der Waals surface area contributed by atoms with Crippen molar-refractivity contribution in [3.05, 3.63) is 89.5 Å². The van der Waals surface area contributed by atoms with Gasteiger partial charge in [0, 0.05) is 5.69 Å². The van der Waals surface area contributed by atoms with Crippen molar-refractivity contribution in [2.45, 2.75) is 17.7 Å². The molecule has 5 nitrogen and oxygen atoms in total. The minimum Gasteiger partial charge on any atom is -0.326 e. The first kappa shape index (κ1) is 17.3. The molecule has 1 aliphatic heterocycles. The van der Waals surface area contributed by atoms with E-state index in [9.17, 15) is 13.2 Å². The van der Waals surface area contributed by atoms with Crippen LogP contribution < -0.4 is 10.0 Å². The van der Waals surface area contributed by atoms with Gasteiger partial charge in [0.2, 0.25) is 5.91 Å². The number of fused-ring (bicyclic) bond motifs is 1. The summed E-state index contributed by atoms with van der Waals surface area (Å²) in [5.74, 6) is -0.124. The number of hydrogen-bond donors (Lipinski definition) is 2. The minimum absolute atomic E-state index is 0.124. The molecule has 0 aromatic heterocycles. The van der Waals surface area contributed by atoms with Crippen LogP contribution in [0.5, 0.6) is 0 Å². The second kappa shape index (κ2) is 6.89. The predicted octanol–water partition coefficient (Wildman–Crippen LogP) is 3.57. The number of carbonyl (C=O) groups is 1. The third-order valence-corrected chi connectivity index (χ3v) is 5.87. The highest BCUT2D eigenvalue weighted by Crippen LogP contribution is 2.28. The molecule has 0 saturated carbocycles. The molecule has 27 heavy (non-hydrogen) atoms. The average molecular weight is 378 g/mol. The Labute approximate surface area is 158 Å². The largest absolute Gasteiger partial charge is 0.326 e. The van der Waals surface area contributed by atoms with Crippen molar-refractivity contribution in [1.29, 1.82) is 0 Å². The predicted molar refractivity (Wildman–Crippen MR) is 105 cm³/mol. The lowest BCUT2D eigenvalue weighted by Crippen LogP contribution is -2.14. The van der Waals surface area contributed by atoms with Gasteiger partial charge >= 0.3 is 0 Å². The normalized spacial score (nSPS) is 13.1. The molecule has 0 atom stereocenters. The van der Waals surface area contributed by atoms with Gasteiger partial charge in [-0.05, 0) is 47.4 Å². The van der Waals surface area contributed by atoms with Crippen LogP contribution in [0.4, 0.5) is 11.4 Å². The van der Waals surface area contributed by atoms with E-state index in [4.69, 9.17) is 0 Å². The van der Waals surface area contributed by atoms with Gasteiger partial charge in [-0.2, -0.15) is 0 Å². The lowest BCUT2D eigenvalue weighted by atomic mass is 10.0. The number of para-hydroxylation sites is 1. The molecule has 0 bridgehead atoms. The maximum absolute atomic E-state index is 12.9. The third-order valence-electron chi connectivity index (χ3n) is 4.51. The summed E-state index contributed by atoms with van der Waals surface area (Å²) in [7, 11) is -3.76. The number of anilines is 2. The number of nitrogens with one attached hydrogen (secondary N) is 2. The van der Waals surface area contributed by atoms with Crippen molar-refractivity contribution in [1.82, 2.24) is 0 Å². The molecule has 4 rings (SSSR count). The van der Waals surface area contributed by atoms with Crippen molar-refractivity contribution in [3.63, 3.8) is 0 Å². The Morgan fingerprint density at radius 1 is 0.926 bits per heavy atom. The Bertz CT molecular complexity index is 1110. The van der Waals surface area contributed by atoms with Crippen molar-refractivity contribution in [2.24, 2.45) is 0 Å². The van der Waals surface area contributed by atoms with E-state index in [0.29, 0.717) is 23.4 Å². The molecule has 1 aliphatic rings. The van der Waals surface area contributed by atoms with Crippen molar-refractivity contribution >= 4 is 27.3 Å². The number of hydrogen-bond acceptors (Lipinski definition) is 3. The van der Waals surface area contributed by atoms with Gasteiger partial charge in [0.25, 0.3) is 10.0 Å². The highest BCUT2D eigenvalue weighted by atomic mass is 32.2. The van der Waals surface area contributed by atoms with Gasteiger partial charge in [0.05, 0.1) is 17.0 Å². The molecule has 1 amide bonds. The van der Waals surface area contributed by atoms with E-state index in [1.165, 1.54) is 6.07 Å². The van der Waals surface area contributed by atoms with E-state index >= 15 is 0 Å². The minimum atomic E-state index is -3.76. The summed E-state index contributed by atoms with van der Waals surface area (Å²) in [5.41, 5.74) is 3.91. The summed E-state index contributed by atoms with van der Waals surface area (Å²) >= 11 is 0. The zero-order valence-corrected chi connectivity index (χ0v) is 15.3. The molecule has 136 valence electrons. The van der Waals surface area contributed by atoms with Gasteiger partial charge in [-0.25, -0.2) is 8.42 Å². The monoisotopic (exact) mass is 378 g/mol. The van der Waals surface area contributed by atoms with Gasteiger partial charge in [0.1, 0.15) is 0 Å². The van der Waals surface area contributed by atoms with Crippen LogP contribution in [-0.4, -0.2) is 14.3 Å². The van der Waals surface area contributed by atoms with Crippen molar-refractivity contribution in [2.75, 3.05) is 10.0 Å². The molecule has 0 unspecified atom stereocenters. The summed E-state index contributed by atoms with van der Waals surface area (Å²) < 4.78 is 28.4. The molecule has 0 saturated heterocycles. The first-order chi connectivity index (χ1) is 13.0. The Morgan fingerprint density at radius 2 is 1.67 bits per heavy atom. The molecule has 0 aliphatic carbocycles. The topological polar surface area (TPSA) is 75.3 Å². The Balaban J connectivity index is 1.62. The van der Waals surface area contributed by atoms with E-state index in [-0.39, 0.29) is 17.2 Å². The number of rotatable bonds is 5. The zero-order chi connectivity index (χ0) is 18.9. The van der Waals surface area contributed by atoms with Gasteiger partial charge in [-0.15, -0.1) is 0 Å². The summed E-state index contributed by atoms with van der Waals surface area (Å²) in [4.78, 5) is 11.6. The highest BCUT2D eigenvalue weighted by molar-refractivity contribution is 7.92. The Morgan fingerprint density at radius 3 is 2.48 bits per heavy atom. The van der Waals surface area contributed by atoms with Gasteiger partial charge in [0.15, 0.2) is 0 Å².